The molecule has 2 aromatic rings. The minimum absolute atomic E-state index is 0.208. The first-order valence-corrected chi connectivity index (χ1v) is 8.34. The first-order valence-electron chi connectivity index (χ1n) is 7.55. The van der Waals surface area contributed by atoms with Crippen LogP contribution in [0, 0.1) is 5.82 Å². The predicted molar refractivity (Wildman–Crippen MR) is 94.2 cm³/mol. The van der Waals surface area contributed by atoms with Crippen molar-refractivity contribution in [3.8, 4) is 17.2 Å². The van der Waals surface area contributed by atoms with Gasteiger partial charge in [0.15, 0.2) is 11.5 Å². The van der Waals surface area contributed by atoms with Crippen LogP contribution in [0.3, 0.4) is 0 Å². The zero-order chi connectivity index (χ0) is 17.6. The SMILES string of the molecule is O=C(/C=C/c1cc(Br)ccc1F)NCCOc1ccc2c(c1)OCO2. The lowest BCUT2D eigenvalue weighted by molar-refractivity contribution is -0.116. The second kappa shape index (κ2) is 8.02. The van der Waals surface area contributed by atoms with Gasteiger partial charge in [0, 0.05) is 22.2 Å². The van der Waals surface area contributed by atoms with Crippen molar-refractivity contribution in [3.05, 3.63) is 58.3 Å². The topological polar surface area (TPSA) is 56.8 Å². The minimum Gasteiger partial charge on any atom is -0.492 e. The number of nitrogens with one attached hydrogen (secondary N) is 1. The number of benzene rings is 2. The number of ether oxygens (including phenoxy) is 3. The molecule has 2 aromatic carbocycles. The number of amides is 1. The smallest absolute Gasteiger partial charge is 0.244 e. The molecule has 0 bridgehead atoms. The number of carbonyl (C=O) groups excluding carboxylic acids is 1. The van der Waals surface area contributed by atoms with Crippen LogP contribution in [0.1, 0.15) is 5.56 Å². The van der Waals surface area contributed by atoms with E-state index in [1.54, 1.807) is 30.3 Å². The van der Waals surface area contributed by atoms with Crippen LogP contribution < -0.4 is 19.5 Å². The zero-order valence-electron chi connectivity index (χ0n) is 13.1. The maximum Gasteiger partial charge on any atom is 0.244 e. The average Bonchev–Trinajstić information content (AvgIpc) is 3.07. The van der Waals surface area contributed by atoms with E-state index in [2.05, 4.69) is 21.2 Å². The maximum atomic E-state index is 13.6. The van der Waals surface area contributed by atoms with Gasteiger partial charge < -0.3 is 19.5 Å². The summed E-state index contributed by atoms with van der Waals surface area (Å²) in [6.07, 6.45) is 2.71. The molecule has 25 heavy (non-hydrogen) atoms. The lowest BCUT2D eigenvalue weighted by Gasteiger charge is -2.07. The van der Waals surface area contributed by atoms with Gasteiger partial charge in [-0.3, -0.25) is 4.79 Å². The van der Waals surface area contributed by atoms with Gasteiger partial charge in [-0.25, -0.2) is 4.39 Å². The van der Waals surface area contributed by atoms with Gasteiger partial charge in [0.2, 0.25) is 12.7 Å². The van der Waals surface area contributed by atoms with Gasteiger partial charge in [0.05, 0.1) is 6.54 Å². The zero-order valence-corrected chi connectivity index (χ0v) is 14.7. The van der Waals surface area contributed by atoms with Crippen molar-refractivity contribution in [1.82, 2.24) is 5.32 Å². The quantitative estimate of drug-likeness (QED) is 0.587. The number of carbonyl (C=O) groups is 1. The van der Waals surface area contributed by atoms with Gasteiger partial charge >= 0.3 is 0 Å². The van der Waals surface area contributed by atoms with Crippen molar-refractivity contribution in [2.75, 3.05) is 19.9 Å². The third-order valence-electron chi connectivity index (χ3n) is 3.39. The van der Waals surface area contributed by atoms with E-state index in [1.807, 2.05) is 0 Å². The fourth-order valence-corrected chi connectivity index (χ4v) is 2.56. The molecule has 1 aliphatic rings. The molecule has 1 N–H and O–H groups in total. The molecule has 0 unspecified atom stereocenters. The van der Waals surface area contributed by atoms with Crippen LogP contribution in [0.2, 0.25) is 0 Å². The molecule has 0 radical (unpaired) electrons. The summed E-state index contributed by atoms with van der Waals surface area (Å²) in [6.45, 7) is 0.822. The second-order valence-corrected chi connectivity index (χ2v) is 6.07. The monoisotopic (exact) mass is 407 g/mol. The van der Waals surface area contributed by atoms with Gasteiger partial charge in [0.25, 0.3) is 0 Å². The number of hydrogen-bond donors (Lipinski definition) is 1. The van der Waals surface area contributed by atoms with E-state index in [9.17, 15) is 9.18 Å². The highest BCUT2D eigenvalue weighted by molar-refractivity contribution is 9.10. The summed E-state index contributed by atoms with van der Waals surface area (Å²) < 4.78 is 30.3. The Morgan fingerprint density at radius 2 is 2.08 bits per heavy atom. The Morgan fingerprint density at radius 1 is 1.24 bits per heavy atom. The summed E-state index contributed by atoms with van der Waals surface area (Å²) in [5, 5.41) is 2.67. The molecule has 0 saturated carbocycles. The van der Waals surface area contributed by atoms with E-state index in [-0.39, 0.29) is 12.7 Å². The molecule has 1 amide bonds. The normalized spacial score (nSPS) is 12.4. The Balaban J connectivity index is 1.43. The summed E-state index contributed by atoms with van der Waals surface area (Å²) >= 11 is 3.26. The first-order chi connectivity index (χ1) is 12.1. The van der Waals surface area contributed by atoms with Crippen molar-refractivity contribution in [1.29, 1.82) is 0 Å². The highest BCUT2D eigenvalue weighted by Crippen LogP contribution is 2.34. The van der Waals surface area contributed by atoms with Crippen LogP contribution in [0.25, 0.3) is 6.08 Å². The summed E-state index contributed by atoms with van der Waals surface area (Å²) in [5.41, 5.74) is 0.334. The van der Waals surface area contributed by atoms with Crippen LogP contribution in [0.5, 0.6) is 17.2 Å². The molecule has 0 spiro atoms. The number of rotatable bonds is 6. The van der Waals surface area contributed by atoms with Crippen LogP contribution in [-0.2, 0) is 4.79 Å². The molecule has 1 heterocycles. The molecule has 0 saturated heterocycles. The van der Waals surface area contributed by atoms with E-state index in [1.165, 1.54) is 18.2 Å². The fourth-order valence-electron chi connectivity index (χ4n) is 2.18. The van der Waals surface area contributed by atoms with Crippen molar-refractivity contribution in [2.24, 2.45) is 0 Å². The van der Waals surface area contributed by atoms with Gasteiger partial charge in [-0.2, -0.15) is 0 Å². The van der Waals surface area contributed by atoms with Crippen molar-refractivity contribution < 1.29 is 23.4 Å². The van der Waals surface area contributed by atoms with Crippen LogP contribution >= 0.6 is 15.9 Å². The Morgan fingerprint density at radius 3 is 2.96 bits per heavy atom. The summed E-state index contributed by atoms with van der Waals surface area (Å²) in [4.78, 5) is 11.8. The molecule has 7 heteroatoms. The molecular formula is C18H15BrFNO4. The van der Waals surface area contributed by atoms with Gasteiger partial charge in [0.1, 0.15) is 18.2 Å². The van der Waals surface area contributed by atoms with Crippen LogP contribution in [-0.4, -0.2) is 25.9 Å². The van der Waals surface area contributed by atoms with E-state index in [4.69, 9.17) is 14.2 Å². The lowest BCUT2D eigenvalue weighted by Crippen LogP contribution is -2.26. The minimum atomic E-state index is -0.390. The average molecular weight is 408 g/mol. The molecule has 3 rings (SSSR count). The van der Waals surface area contributed by atoms with Crippen LogP contribution in [0.4, 0.5) is 4.39 Å². The van der Waals surface area contributed by atoms with Gasteiger partial charge in [-0.15, -0.1) is 0 Å². The van der Waals surface area contributed by atoms with Crippen molar-refractivity contribution in [2.45, 2.75) is 0 Å². The largest absolute Gasteiger partial charge is 0.492 e. The lowest BCUT2D eigenvalue weighted by atomic mass is 10.2. The maximum absolute atomic E-state index is 13.6. The van der Waals surface area contributed by atoms with Gasteiger partial charge in [-0.1, -0.05) is 15.9 Å². The number of fused-ring (bicyclic) bond motifs is 1. The standard InChI is InChI=1S/C18H15BrFNO4/c19-13-2-4-15(20)12(9-13)1-6-18(22)21-7-8-23-14-3-5-16-17(10-14)25-11-24-16/h1-6,9-10H,7-8,11H2,(H,21,22)/b6-1+. The molecule has 0 aromatic heterocycles. The molecule has 130 valence electrons. The fraction of sp³-hybridized carbons (Fsp3) is 0.167. The second-order valence-electron chi connectivity index (χ2n) is 5.15. The van der Waals surface area contributed by atoms with Gasteiger partial charge in [-0.05, 0) is 36.4 Å². The van der Waals surface area contributed by atoms with E-state index in [0.717, 1.165) is 4.47 Å². The Kier molecular flexibility index (Phi) is 5.55. The van der Waals surface area contributed by atoms with E-state index in [0.29, 0.717) is 36.0 Å². The summed E-state index contributed by atoms with van der Waals surface area (Å²) in [5.74, 6) is 1.24. The van der Waals surface area contributed by atoms with E-state index < -0.39 is 5.82 Å². The summed E-state index contributed by atoms with van der Waals surface area (Å²) in [7, 11) is 0. The number of hydrogen-bond acceptors (Lipinski definition) is 4. The molecular weight excluding hydrogens is 393 g/mol. The van der Waals surface area contributed by atoms with Crippen molar-refractivity contribution in [3.63, 3.8) is 0 Å². The predicted octanol–water partition coefficient (Wildman–Crippen LogP) is 3.53. The molecule has 1 aliphatic heterocycles. The highest BCUT2D eigenvalue weighted by atomic mass is 79.9. The Bertz CT molecular complexity index is 810. The third-order valence-corrected chi connectivity index (χ3v) is 3.88. The molecule has 5 nitrogen and oxygen atoms in total. The third kappa shape index (κ3) is 4.73. The molecule has 0 atom stereocenters. The Hall–Kier alpha value is -2.54. The summed E-state index contributed by atoms with van der Waals surface area (Å²) in [6, 6.07) is 9.81. The Labute approximate surface area is 152 Å². The molecule has 0 fully saturated rings. The number of halogens is 2. The van der Waals surface area contributed by atoms with Crippen molar-refractivity contribution >= 4 is 27.9 Å². The van der Waals surface area contributed by atoms with Crippen LogP contribution in [0.15, 0.2) is 46.9 Å². The van der Waals surface area contributed by atoms with E-state index >= 15 is 0 Å². The first kappa shape index (κ1) is 17.3. The molecule has 0 aliphatic carbocycles. The highest BCUT2D eigenvalue weighted by Gasteiger charge is 2.13.